The van der Waals surface area contributed by atoms with Gasteiger partial charge in [0.05, 0.1) is 13.2 Å². The zero-order valence-electron chi connectivity index (χ0n) is 17.8. The Kier molecular flexibility index (Phi) is 8.77. The van der Waals surface area contributed by atoms with Crippen LogP contribution in [0.4, 0.5) is 0 Å². The van der Waals surface area contributed by atoms with Crippen molar-refractivity contribution in [3.8, 4) is 11.1 Å². The Labute approximate surface area is 177 Å². The summed E-state index contributed by atoms with van der Waals surface area (Å²) >= 11 is 0. The molecule has 0 aromatic heterocycles. The first-order valence-corrected chi connectivity index (χ1v) is 11.3. The number of rotatable bonds is 11. The molecule has 0 bridgehead atoms. The normalized spacial score (nSPS) is 19.0. The van der Waals surface area contributed by atoms with E-state index in [1.807, 2.05) is 6.08 Å². The topological polar surface area (TPSA) is 9.23 Å². The van der Waals surface area contributed by atoms with Crippen molar-refractivity contribution in [3.05, 3.63) is 85.0 Å². The molecule has 1 aliphatic carbocycles. The lowest BCUT2D eigenvalue weighted by atomic mass is 9.78. The maximum Gasteiger partial charge on any atom is 0.0717 e. The van der Waals surface area contributed by atoms with Gasteiger partial charge in [0.15, 0.2) is 0 Å². The van der Waals surface area contributed by atoms with Crippen molar-refractivity contribution in [1.82, 2.24) is 0 Å². The lowest BCUT2D eigenvalue weighted by molar-refractivity contribution is 0.125. The predicted molar refractivity (Wildman–Crippen MR) is 125 cm³/mol. The molecule has 29 heavy (non-hydrogen) atoms. The van der Waals surface area contributed by atoms with E-state index in [1.165, 1.54) is 67.2 Å². The summed E-state index contributed by atoms with van der Waals surface area (Å²) in [6, 6.07) is 17.9. The van der Waals surface area contributed by atoms with Gasteiger partial charge in [-0.3, -0.25) is 0 Å². The molecule has 0 N–H and O–H groups in total. The molecule has 0 saturated heterocycles. The van der Waals surface area contributed by atoms with Gasteiger partial charge in [0, 0.05) is 0 Å². The highest BCUT2D eigenvalue weighted by atomic mass is 16.5. The van der Waals surface area contributed by atoms with Gasteiger partial charge in [-0.2, -0.15) is 0 Å². The van der Waals surface area contributed by atoms with E-state index < -0.39 is 0 Å². The van der Waals surface area contributed by atoms with Crippen molar-refractivity contribution >= 4 is 0 Å². The Morgan fingerprint density at radius 1 is 0.759 bits per heavy atom. The van der Waals surface area contributed by atoms with Gasteiger partial charge in [0.2, 0.25) is 0 Å². The summed E-state index contributed by atoms with van der Waals surface area (Å²) in [5.74, 6) is 1.81. The summed E-state index contributed by atoms with van der Waals surface area (Å²) in [4.78, 5) is 0. The maximum absolute atomic E-state index is 5.64. The number of hydrogen-bond acceptors (Lipinski definition) is 1. The van der Waals surface area contributed by atoms with E-state index in [0.29, 0.717) is 6.61 Å². The quantitative estimate of drug-likeness (QED) is 0.282. The minimum atomic E-state index is 0.669. The van der Waals surface area contributed by atoms with Crippen LogP contribution < -0.4 is 0 Å². The van der Waals surface area contributed by atoms with Gasteiger partial charge in [-0.15, -0.1) is 13.2 Å². The smallest absolute Gasteiger partial charge is 0.0717 e. The van der Waals surface area contributed by atoms with Crippen LogP contribution in [-0.4, -0.2) is 6.61 Å². The number of allylic oxidation sites excluding steroid dienone is 1. The average Bonchev–Trinajstić information content (AvgIpc) is 2.77. The van der Waals surface area contributed by atoms with Gasteiger partial charge < -0.3 is 4.74 Å². The van der Waals surface area contributed by atoms with Crippen molar-refractivity contribution in [2.45, 2.75) is 58.0 Å². The third kappa shape index (κ3) is 7.01. The van der Waals surface area contributed by atoms with Crippen LogP contribution in [0.15, 0.2) is 73.8 Å². The second-order valence-corrected chi connectivity index (χ2v) is 8.47. The fraction of sp³-hybridized carbons (Fsp3) is 0.429. The molecule has 1 heteroatoms. The molecule has 0 heterocycles. The second-order valence-electron chi connectivity index (χ2n) is 8.47. The Bertz CT molecular complexity index is 733. The maximum atomic E-state index is 5.64. The molecule has 0 aliphatic heterocycles. The van der Waals surface area contributed by atoms with Crippen LogP contribution in [0.3, 0.4) is 0 Å². The minimum Gasteiger partial charge on any atom is -0.376 e. The number of aryl methyl sites for hydroxylation is 1. The monoisotopic (exact) mass is 388 g/mol. The summed E-state index contributed by atoms with van der Waals surface area (Å²) in [6.45, 7) is 9.02. The van der Waals surface area contributed by atoms with Gasteiger partial charge in [-0.05, 0) is 72.6 Å². The van der Waals surface area contributed by atoms with Crippen molar-refractivity contribution in [2.75, 3.05) is 6.61 Å². The summed E-state index contributed by atoms with van der Waals surface area (Å²) < 4.78 is 5.64. The third-order valence-corrected chi connectivity index (χ3v) is 6.28. The van der Waals surface area contributed by atoms with Gasteiger partial charge >= 0.3 is 0 Å². The third-order valence-electron chi connectivity index (χ3n) is 6.28. The summed E-state index contributed by atoms with van der Waals surface area (Å²) in [6.07, 6.45) is 14.2. The van der Waals surface area contributed by atoms with Crippen LogP contribution in [0.25, 0.3) is 11.1 Å². The van der Waals surface area contributed by atoms with E-state index in [2.05, 4.69) is 67.8 Å². The molecule has 0 spiro atoms. The fourth-order valence-corrected chi connectivity index (χ4v) is 4.38. The molecule has 154 valence electrons. The van der Waals surface area contributed by atoms with Crippen LogP contribution >= 0.6 is 0 Å². The molecule has 0 unspecified atom stereocenters. The molecule has 0 radical (unpaired) electrons. The largest absolute Gasteiger partial charge is 0.376 e. The highest BCUT2D eigenvalue weighted by Crippen LogP contribution is 2.33. The number of ether oxygens (including phenoxy) is 1. The SMILES string of the molecule is C=CCCOCc1ccc(-c2ccc(CC[C@H]3CC[C@H](CC=C)CC3)cc2)cc1. The molecular weight excluding hydrogens is 352 g/mol. The van der Waals surface area contributed by atoms with Crippen molar-refractivity contribution in [1.29, 1.82) is 0 Å². The molecule has 3 rings (SSSR count). The Morgan fingerprint density at radius 3 is 1.93 bits per heavy atom. The number of hydrogen-bond donors (Lipinski definition) is 0. The van der Waals surface area contributed by atoms with Crippen molar-refractivity contribution in [2.24, 2.45) is 11.8 Å². The lowest BCUT2D eigenvalue weighted by Gasteiger charge is -2.27. The second kappa shape index (κ2) is 11.8. The van der Waals surface area contributed by atoms with E-state index in [1.54, 1.807) is 0 Å². The van der Waals surface area contributed by atoms with Crippen molar-refractivity contribution < 1.29 is 4.74 Å². The first-order chi connectivity index (χ1) is 14.3. The molecular formula is C28H36O. The Hall–Kier alpha value is -2.12. The molecule has 2 aromatic rings. The molecule has 0 atom stereocenters. The Morgan fingerprint density at radius 2 is 1.34 bits per heavy atom. The van der Waals surface area contributed by atoms with Crippen LogP contribution in [0.2, 0.25) is 0 Å². The molecule has 0 amide bonds. The van der Waals surface area contributed by atoms with E-state index >= 15 is 0 Å². The molecule has 2 aromatic carbocycles. The van der Waals surface area contributed by atoms with Crippen molar-refractivity contribution in [3.63, 3.8) is 0 Å². The molecule has 1 fully saturated rings. The lowest BCUT2D eigenvalue weighted by Crippen LogP contribution is -2.14. The first-order valence-electron chi connectivity index (χ1n) is 11.3. The van der Waals surface area contributed by atoms with E-state index in [-0.39, 0.29) is 0 Å². The standard InChI is InChI=1S/C28H36O/c1-3-5-21-29-22-26-15-19-28(20-16-26)27-17-13-25(14-18-27)12-11-24-9-7-23(6-4-2)8-10-24/h3-4,13-20,23-24H,1-2,5-12,21-22H2/t23-,24-. The molecule has 1 aliphatic rings. The van der Waals surface area contributed by atoms with Gasteiger partial charge in [-0.25, -0.2) is 0 Å². The van der Waals surface area contributed by atoms with E-state index in [9.17, 15) is 0 Å². The van der Waals surface area contributed by atoms with Gasteiger partial charge in [0.1, 0.15) is 0 Å². The summed E-state index contributed by atoms with van der Waals surface area (Å²) in [5.41, 5.74) is 5.25. The summed E-state index contributed by atoms with van der Waals surface area (Å²) in [5, 5.41) is 0. The van der Waals surface area contributed by atoms with E-state index in [4.69, 9.17) is 4.74 Å². The van der Waals surface area contributed by atoms with Gasteiger partial charge in [-0.1, -0.05) is 73.5 Å². The average molecular weight is 389 g/mol. The first kappa shape index (κ1) is 21.6. The van der Waals surface area contributed by atoms with Crippen LogP contribution in [-0.2, 0) is 17.8 Å². The number of benzene rings is 2. The predicted octanol–water partition coefficient (Wildman–Crippen LogP) is 7.76. The van der Waals surface area contributed by atoms with E-state index in [0.717, 1.165) is 24.9 Å². The minimum absolute atomic E-state index is 0.669. The summed E-state index contributed by atoms with van der Waals surface area (Å²) in [7, 11) is 0. The molecule has 1 saturated carbocycles. The van der Waals surface area contributed by atoms with Gasteiger partial charge in [0.25, 0.3) is 0 Å². The Balaban J connectivity index is 1.45. The fourth-order valence-electron chi connectivity index (χ4n) is 4.38. The zero-order valence-corrected chi connectivity index (χ0v) is 17.8. The van der Waals surface area contributed by atoms with Crippen LogP contribution in [0.5, 0.6) is 0 Å². The highest BCUT2D eigenvalue weighted by Gasteiger charge is 2.19. The molecule has 1 nitrogen and oxygen atoms in total. The van der Waals surface area contributed by atoms with Crippen LogP contribution in [0.1, 0.15) is 56.1 Å². The highest BCUT2D eigenvalue weighted by molar-refractivity contribution is 5.63. The zero-order chi connectivity index (χ0) is 20.3. The van der Waals surface area contributed by atoms with Crippen LogP contribution in [0, 0.1) is 11.8 Å².